The number of nitrogens with one attached hydrogen (secondary N) is 2. The predicted molar refractivity (Wildman–Crippen MR) is 55.9 cm³/mol. The molecule has 0 saturated heterocycles. The summed E-state index contributed by atoms with van der Waals surface area (Å²) in [4.78, 5) is 0. The third-order valence-electron chi connectivity index (χ3n) is 1.04. The van der Waals surface area contributed by atoms with E-state index in [0.29, 0.717) is 0 Å². The summed E-state index contributed by atoms with van der Waals surface area (Å²) in [6, 6.07) is 0. The van der Waals surface area contributed by atoms with Crippen LogP contribution in [0, 0.1) is 0 Å². The van der Waals surface area contributed by atoms with Gasteiger partial charge in [0.25, 0.3) is 0 Å². The van der Waals surface area contributed by atoms with E-state index in [0.717, 1.165) is 11.7 Å². The fraction of sp³-hybridized carbons (Fsp3) is 0.875. The number of unbranched alkanes of at least 4 members (excludes halogenated alkanes) is 1. The summed E-state index contributed by atoms with van der Waals surface area (Å²) >= 11 is 4.85. The summed E-state index contributed by atoms with van der Waals surface area (Å²) in [5.74, 6) is 0. The molecule has 0 aromatic heterocycles. The van der Waals surface area contributed by atoms with Gasteiger partial charge in [0.2, 0.25) is 0 Å². The third kappa shape index (κ3) is 12.8. The topological polar surface area (TPSA) is 24.1 Å². The largest absolute Gasteiger partial charge is 0.366 e. The smallest absolute Gasteiger partial charge is 0.166 e. The molecule has 2 nitrogen and oxygen atoms in total. The third-order valence-corrected chi connectivity index (χ3v) is 1.39. The van der Waals surface area contributed by atoms with E-state index < -0.39 is 0 Å². The van der Waals surface area contributed by atoms with E-state index in [2.05, 4.69) is 17.6 Å². The molecule has 0 unspecified atom stereocenters. The first kappa shape index (κ1) is 13.3. The number of thiocarbonyl (C=S) groups is 1. The molecule has 0 heterocycles. The van der Waals surface area contributed by atoms with Crippen molar-refractivity contribution in [2.45, 2.75) is 33.6 Å². The van der Waals surface area contributed by atoms with Crippen molar-refractivity contribution in [1.29, 1.82) is 0 Å². The molecule has 0 amide bonds. The minimum atomic E-state index is 0.739. The summed E-state index contributed by atoms with van der Waals surface area (Å²) in [5, 5.41) is 6.64. The fourth-order valence-corrected chi connectivity index (χ4v) is 0.569. The van der Waals surface area contributed by atoms with Gasteiger partial charge in [0.05, 0.1) is 0 Å². The Balaban J connectivity index is 0. The van der Waals surface area contributed by atoms with Gasteiger partial charge in [-0.15, -0.1) is 0 Å². The van der Waals surface area contributed by atoms with Crippen molar-refractivity contribution in [3.63, 3.8) is 0 Å². The Morgan fingerprint density at radius 1 is 1.36 bits per heavy atom. The highest BCUT2D eigenvalue weighted by Crippen LogP contribution is 1.81. The number of hydrogen-bond acceptors (Lipinski definition) is 1. The van der Waals surface area contributed by atoms with Gasteiger partial charge in [0.1, 0.15) is 0 Å². The van der Waals surface area contributed by atoms with E-state index in [1.165, 1.54) is 12.8 Å². The monoisotopic (exact) mass is 176 g/mol. The van der Waals surface area contributed by atoms with Crippen molar-refractivity contribution in [1.82, 2.24) is 10.6 Å². The van der Waals surface area contributed by atoms with E-state index in [9.17, 15) is 0 Å². The Kier molecular flexibility index (Phi) is 15.0. The molecule has 0 saturated carbocycles. The second-order valence-electron chi connectivity index (χ2n) is 1.86. The Bertz CT molecular complexity index is 84.2. The van der Waals surface area contributed by atoms with Crippen LogP contribution >= 0.6 is 12.2 Å². The maximum absolute atomic E-state index is 4.85. The molecule has 0 aliphatic rings. The van der Waals surface area contributed by atoms with Crippen LogP contribution in [-0.4, -0.2) is 18.7 Å². The molecular formula is C8H20N2S. The number of hydrogen-bond donors (Lipinski definition) is 2. The molecule has 0 atom stereocenters. The minimum Gasteiger partial charge on any atom is -0.366 e. The molecular weight excluding hydrogens is 156 g/mol. The summed E-state index contributed by atoms with van der Waals surface area (Å²) in [7, 11) is 1.82. The van der Waals surface area contributed by atoms with Gasteiger partial charge in [-0.3, -0.25) is 0 Å². The average molecular weight is 176 g/mol. The average Bonchev–Trinajstić information content (AvgIpc) is 2.08. The molecule has 2 N–H and O–H groups in total. The molecule has 11 heavy (non-hydrogen) atoms. The zero-order valence-electron chi connectivity index (χ0n) is 8.03. The molecule has 68 valence electrons. The molecule has 0 bridgehead atoms. The van der Waals surface area contributed by atoms with E-state index in [4.69, 9.17) is 12.2 Å². The first-order valence-electron chi connectivity index (χ1n) is 4.26. The predicted octanol–water partition coefficient (Wildman–Crippen LogP) is 1.91. The molecule has 0 aromatic rings. The number of rotatable bonds is 3. The summed E-state index contributed by atoms with van der Waals surface area (Å²) < 4.78 is 0. The normalized spacial score (nSPS) is 7.64. The van der Waals surface area contributed by atoms with Gasteiger partial charge in [-0.05, 0) is 18.6 Å². The molecule has 0 radical (unpaired) electrons. The van der Waals surface area contributed by atoms with Gasteiger partial charge in [0.15, 0.2) is 5.11 Å². The van der Waals surface area contributed by atoms with Crippen molar-refractivity contribution in [2.75, 3.05) is 13.6 Å². The SMILES string of the molecule is CC.CCCCNC(=S)NC. The van der Waals surface area contributed by atoms with Crippen LogP contribution in [0.4, 0.5) is 0 Å². The van der Waals surface area contributed by atoms with Crippen LogP contribution in [0.2, 0.25) is 0 Å². The van der Waals surface area contributed by atoms with Crippen LogP contribution in [0.25, 0.3) is 0 Å². The van der Waals surface area contributed by atoms with Gasteiger partial charge in [-0.2, -0.15) is 0 Å². The molecule has 0 aromatic carbocycles. The van der Waals surface area contributed by atoms with E-state index in [1.54, 1.807) is 0 Å². The lowest BCUT2D eigenvalue weighted by atomic mass is 10.3. The van der Waals surface area contributed by atoms with Crippen molar-refractivity contribution in [3.05, 3.63) is 0 Å². The summed E-state index contributed by atoms with van der Waals surface area (Å²) in [6.45, 7) is 7.14. The molecule has 3 heteroatoms. The van der Waals surface area contributed by atoms with E-state index in [-0.39, 0.29) is 0 Å². The second-order valence-corrected chi connectivity index (χ2v) is 2.27. The van der Waals surface area contributed by atoms with Crippen molar-refractivity contribution >= 4 is 17.3 Å². The maximum atomic E-state index is 4.85. The Morgan fingerprint density at radius 3 is 2.27 bits per heavy atom. The van der Waals surface area contributed by atoms with E-state index >= 15 is 0 Å². The molecule has 0 aliphatic carbocycles. The summed E-state index contributed by atoms with van der Waals surface area (Å²) in [6.07, 6.45) is 2.39. The lowest BCUT2D eigenvalue weighted by Gasteiger charge is -2.04. The highest BCUT2D eigenvalue weighted by Gasteiger charge is 1.86. The lowest BCUT2D eigenvalue weighted by molar-refractivity contribution is 0.749. The van der Waals surface area contributed by atoms with Crippen LogP contribution in [0.1, 0.15) is 33.6 Å². The van der Waals surface area contributed by atoms with Crippen LogP contribution in [0.5, 0.6) is 0 Å². The molecule has 0 fully saturated rings. The Labute approximate surface area is 75.8 Å². The zero-order chi connectivity index (χ0) is 9.11. The van der Waals surface area contributed by atoms with Gasteiger partial charge in [0, 0.05) is 13.6 Å². The standard InChI is InChI=1S/C6H14N2S.C2H6/c1-3-4-5-8-6(9)7-2;1-2/h3-5H2,1-2H3,(H2,7,8,9);1-2H3. The molecule has 0 rings (SSSR count). The van der Waals surface area contributed by atoms with Crippen molar-refractivity contribution in [3.8, 4) is 0 Å². The highest BCUT2D eigenvalue weighted by atomic mass is 32.1. The van der Waals surface area contributed by atoms with Crippen LogP contribution < -0.4 is 10.6 Å². The minimum absolute atomic E-state index is 0.739. The first-order valence-corrected chi connectivity index (χ1v) is 4.67. The maximum Gasteiger partial charge on any atom is 0.166 e. The van der Waals surface area contributed by atoms with Crippen LogP contribution in [-0.2, 0) is 0 Å². The summed E-state index contributed by atoms with van der Waals surface area (Å²) in [5.41, 5.74) is 0. The van der Waals surface area contributed by atoms with Crippen LogP contribution in [0.15, 0.2) is 0 Å². The lowest BCUT2D eigenvalue weighted by Crippen LogP contribution is -2.32. The van der Waals surface area contributed by atoms with Gasteiger partial charge in [-0.1, -0.05) is 27.2 Å². The van der Waals surface area contributed by atoms with Gasteiger partial charge in [-0.25, -0.2) is 0 Å². The quantitative estimate of drug-likeness (QED) is 0.507. The Hall–Kier alpha value is -0.310. The Morgan fingerprint density at radius 2 is 1.91 bits per heavy atom. The van der Waals surface area contributed by atoms with Gasteiger partial charge >= 0.3 is 0 Å². The first-order chi connectivity index (χ1) is 5.31. The zero-order valence-corrected chi connectivity index (χ0v) is 8.85. The molecule has 0 aliphatic heterocycles. The van der Waals surface area contributed by atoms with Crippen LogP contribution in [0.3, 0.4) is 0 Å². The van der Waals surface area contributed by atoms with Gasteiger partial charge < -0.3 is 10.6 Å². The van der Waals surface area contributed by atoms with Crippen molar-refractivity contribution in [2.24, 2.45) is 0 Å². The van der Waals surface area contributed by atoms with Crippen molar-refractivity contribution < 1.29 is 0 Å². The fourth-order valence-electron chi connectivity index (χ4n) is 0.467. The van der Waals surface area contributed by atoms with E-state index in [1.807, 2.05) is 20.9 Å². The highest BCUT2D eigenvalue weighted by molar-refractivity contribution is 7.80. The molecule has 0 spiro atoms. The second kappa shape index (κ2) is 12.4.